The smallest absolute Gasteiger partial charge is 0.308 e. The second kappa shape index (κ2) is 12.6. The van der Waals surface area contributed by atoms with Crippen LogP contribution in [0.15, 0.2) is 48.5 Å². The number of benzene rings is 2. The molecule has 0 spiro atoms. The molecule has 2 aromatic carbocycles. The van der Waals surface area contributed by atoms with Crippen molar-refractivity contribution in [2.75, 3.05) is 19.4 Å². The molecular weight excluding hydrogens is 563 g/mol. The van der Waals surface area contributed by atoms with Gasteiger partial charge in [0.05, 0.1) is 25.3 Å². The van der Waals surface area contributed by atoms with Crippen LogP contribution >= 0.6 is 23.2 Å². The van der Waals surface area contributed by atoms with E-state index in [1.54, 1.807) is 47.4 Å². The number of carbonyl (C=O) groups is 2. The van der Waals surface area contributed by atoms with Crippen molar-refractivity contribution in [3.05, 3.63) is 69.7 Å². The Morgan fingerprint density at radius 1 is 1.13 bits per heavy atom. The van der Waals surface area contributed by atoms with Crippen molar-refractivity contribution in [1.82, 2.24) is 9.21 Å². The van der Waals surface area contributed by atoms with Crippen LogP contribution in [0.2, 0.25) is 10.0 Å². The van der Waals surface area contributed by atoms with Gasteiger partial charge in [0.1, 0.15) is 12.2 Å². The van der Waals surface area contributed by atoms with Crippen molar-refractivity contribution in [2.24, 2.45) is 0 Å². The van der Waals surface area contributed by atoms with E-state index in [2.05, 4.69) is 0 Å². The summed E-state index contributed by atoms with van der Waals surface area (Å²) in [5.41, 5.74) is 1.42. The molecule has 1 amide bonds. The molecular formula is C28H34Cl2N2O6S. The number of carbonyl (C=O) groups excluding carboxylic acids is 2. The third-order valence-electron chi connectivity index (χ3n) is 7.51. The fraction of sp³-hybridized carbons (Fsp3) is 0.500. The van der Waals surface area contributed by atoms with Crippen LogP contribution in [0.5, 0.6) is 0 Å². The van der Waals surface area contributed by atoms with Gasteiger partial charge >= 0.3 is 5.97 Å². The van der Waals surface area contributed by atoms with Gasteiger partial charge in [-0.2, -0.15) is 4.31 Å². The van der Waals surface area contributed by atoms with E-state index in [1.165, 1.54) is 11.4 Å². The summed E-state index contributed by atoms with van der Waals surface area (Å²) in [5, 5.41) is 1.01. The molecule has 2 heterocycles. The van der Waals surface area contributed by atoms with Crippen molar-refractivity contribution < 1.29 is 27.5 Å². The maximum atomic E-state index is 14.1. The lowest BCUT2D eigenvalue weighted by Gasteiger charge is -2.48. The lowest BCUT2D eigenvalue weighted by atomic mass is 9.89. The number of hydrogen-bond donors (Lipinski definition) is 0. The highest BCUT2D eigenvalue weighted by molar-refractivity contribution is 7.89. The fourth-order valence-electron chi connectivity index (χ4n) is 5.53. The first-order valence-corrected chi connectivity index (χ1v) is 15.5. The summed E-state index contributed by atoms with van der Waals surface area (Å²) >= 11 is 12.5. The molecule has 4 rings (SSSR count). The maximum Gasteiger partial charge on any atom is 0.308 e. The predicted octanol–water partition coefficient (Wildman–Crippen LogP) is 5.16. The number of halogens is 2. The topological polar surface area (TPSA) is 93.2 Å². The number of esters is 1. The molecule has 212 valence electrons. The summed E-state index contributed by atoms with van der Waals surface area (Å²) in [6.07, 6.45) is -0.212. The van der Waals surface area contributed by atoms with Crippen molar-refractivity contribution in [1.29, 1.82) is 0 Å². The molecule has 39 heavy (non-hydrogen) atoms. The molecule has 2 aromatic rings. The average molecular weight is 598 g/mol. The largest absolute Gasteiger partial charge is 0.469 e. The van der Waals surface area contributed by atoms with Gasteiger partial charge in [0.2, 0.25) is 10.0 Å². The quantitative estimate of drug-likeness (QED) is 0.371. The zero-order chi connectivity index (χ0) is 28.3. The Kier molecular flexibility index (Phi) is 9.60. The summed E-state index contributed by atoms with van der Waals surface area (Å²) in [6.45, 7) is 4.23. The van der Waals surface area contributed by atoms with E-state index in [0.717, 1.165) is 18.4 Å². The van der Waals surface area contributed by atoms with Crippen molar-refractivity contribution >= 4 is 45.1 Å². The van der Waals surface area contributed by atoms with Gasteiger partial charge < -0.3 is 14.4 Å². The molecule has 2 fully saturated rings. The van der Waals surface area contributed by atoms with E-state index in [9.17, 15) is 18.0 Å². The first-order chi connectivity index (χ1) is 18.6. The highest BCUT2D eigenvalue weighted by Crippen LogP contribution is 2.45. The Morgan fingerprint density at radius 3 is 2.44 bits per heavy atom. The number of rotatable bonds is 9. The third kappa shape index (κ3) is 6.60. The summed E-state index contributed by atoms with van der Waals surface area (Å²) in [5.74, 6) is -1.30. The number of hydrogen-bond acceptors (Lipinski definition) is 6. The van der Waals surface area contributed by atoms with Crippen molar-refractivity contribution in [3.63, 3.8) is 0 Å². The highest BCUT2D eigenvalue weighted by atomic mass is 35.5. The third-order valence-corrected chi connectivity index (χ3v) is 10.1. The molecule has 0 saturated carbocycles. The number of sulfonamides is 1. The fourth-order valence-corrected chi connectivity index (χ4v) is 7.99. The number of ether oxygens (including phenoxy) is 2. The molecule has 5 atom stereocenters. The van der Waals surface area contributed by atoms with Crippen LogP contribution < -0.4 is 0 Å². The Morgan fingerprint density at radius 2 is 1.85 bits per heavy atom. The molecule has 2 aliphatic heterocycles. The molecule has 0 aromatic heterocycles. The van der Waals surface area contributed by atoms with E-state index < -0.39 is 46.2 Å². The van der Waals surface area contributed by atoms with E-state index in [1.807, 2.05) is 19.9 Å². The van der Waals surface area contributed by atoms with Gasteiger partial charge in [0.15, 0.2) is 0 Å². The van der Waals surface area contributed by atoms with E-state index in [0.29, 0.717) is 28.6 Å². The number of amides is 1. The van der Waals surface area contributed by atoms with Crippen LogP contribution in [0.25, 0.3) is 0 Å². The Balaban J connectivity index is 1.83. The van der Waals surface area contributed by atoms with Crippen LogP contribution in [-0.4, -0.2) is 67.1 Å². The first kappa shape index (κ1) is 29.8. The molecule has 0 aliphatic carbocycles. The SMILES string of the molecule is CCC(CS(=O)(=O)N1CCC[C@@H]1C)N1C(=O)[C@@H](CC(=O)OC)O[C@H](c2cccc(Cl)c2)C1c1ccc(Cl)cc1. The zero-order valence-electron chi connectivity index (χ0n) is 22.3. The van der Waals surface area contributed by atoms with Gasteiger partial charge in [-0.05, 0) is 61.6 Å². The van der Waals surface area contributed by atoms with Crippen LogP contribution in [0.3, 0.4) is 0 Å². The molecule has 2 unspecified atom stereocenters. The molecule has 8 nitrogen and oxygen atoms in total. The Hall–Kier alpha value is -2.17. The Bertz CT molecular complexity index is 1290. The summed E-state index contributed by atoms with van der Waals surface area (Å²) in [7, 11) is -2.43. The Labute approximate surface area is 240 Å². The van der Waals surface area contributed by atoms with E-state index in [4.69, 9.17) is 32.7 Å². The standard InChI is InChI=1S/C28H34Cl2N2O6S/c1-4-23(17-39(35,36)31-14-6-7-18(31)2)32-26(19-10-12-21(29)13-11-19)27(20-8-5-9-22(30)15-20)38-24(28(32)34)16-25(33)37-3/h5,8-13,15,18,23-24,26-27H,4,6-7,14,16-17H2,1-3H3/t18-,23?,24+,26?,27+/m0/s1. The second-order valence-electron chi connectivity index (χ2n) is 10.1. The normalized spacial score (nSPS) is 25.1. The lowest BCUT2D eigenvalue weighted by Crippen LogP contribution is -2.57. The molecule has 0 radical (unpaired) electrons. The second-order valence-corrected chi connectivity index (χ2v) is 12.9. The van der Waals surface area contributed by atoms with Gasteiger partial charge in [-0.1, -0.05) is 54.4 Å². The summed E-state index contributed by atoms with van der Waals surface area (Å²) < 4.78 is 39.9. The molecule has 2 saturated heterocycles. The number of methoxy groups -OCH3 is 1. The minimum atomic E-state index is -3.67. The van der Waals surface area contributed by atoms with Crippen LogP contribution in [0.4, 0.5) is 0 Å². The van der Waals surface area contributed by atoms with Gasteiger partial charge in [-0.25, -0.2) is 8.42 Å². The highest BCUT2D eigenvalue weighted by Gasteiger charge is 2.48. The lowest BCUT2D eigenvalue weighted by molar-refractivity contribution is -0.183. The zero-order valence-corrected chi connectivity index (χ0v) is 24.6. The monoisotopic (exact) mass is 596 g/mol. The molecule has 2 aliphatic rings. The molecule has 11 heteroatoms. The number of morpholine rings is 1. The van der Waals surface area contributed by atoms with Crippen LogP contribution in [0, 0.1) is 0 Å². The minimum absolute atomic E-state index is 0.0914. The molecule has 0 bridgehead atoms. The maximum absolute atomic E-state index is 14.1. The minimum Gasteiger partial charge on any atom is -0.469 e. The van der Waals surface area contributed by atoms with Crippen molar-refractivity contribution in [3.8, 4) is 0 Å². The average Bonchev–Trinajstić information content (AvgIpc) is 3.35. The molecule has 0 N–H and O–H groups in total. The predicted molar refractivity (Wildman–Crippen MR) is 150 cm³/mol. The van der Waals surface area contributed by atoms with Gasteiger partial charge in [0, 0.05) is 28.7 Å². The summed E-state index contributed by atoms with van der Waals surface area (Å²) in [4.78, 5) is 28.0. The summed E-state index contributed by atoms with van der Waals surface area (Å²) in [6, 6.07) is 12.7. The first-order valence-electron chi connectivity index (χ1n) is 13.1. The van der Waals surface area contributed by atoms with Gasteiger partial charge in [-0.15, -0.1) is 0 Å². The number of nitrogens with zero attached hydrogens (tertiary/aromatic N) is 2. The van der Waals surface area contributed by atoms with Gasteiger partial charge in [0.25, 0.3) is 5.91 Å². The van der Waals surface area contributed by atoms with Gasteiger partial charge in [-0.3, -0.25) is 9.59 Å². The van der Waals surface area contributed by atoms with Crippen LogP contribution in [-0.2, 0) is 29.1 Å². The van der Waals surface area contributed by atoms with E-state index >= 15 is 0 Å². The van der Waals surface area contributed by atoms with Crippen LogP contribution in [0.1, 0.15) is 62.8 Å². The van der Waals surface area contributed by atoms with E-state index in [-0.39, 0.29) is 18.2 Å². The van der Waals surface area contributed by atoms with Crippen molar-refractivity contribution in [2.45, 2.75) is 69.9 Å².